The van der Waals surface area contributed by atoms with Gasteiger partial charge in [-0.15, -0.1) is 0 Å². The Morgan fingerprint density at radius 2 is 1.74 bits per heavy atom. The van der Waals surface area contributed by atoms with Gasteiger partial charge in [0.05, 0.1) is 30.1 Å². The van der Waals surface area contributed by atoms with E-state index in [-0.39, 0.29) is 24.1 Å². The number of piperidine rings is 1. The summed E-state index contributed by atoms with van der Waals surface area (Å²) in [6.07, 6.45) is 8.41. The number of ether oxygens (including phenoxy) is 1. The van der Waals surface area contributed by atoms with Crippen LogP contribution in [0.15, 0.2) is 65.8 Å². The summed E-state index contributed by atoms with van der Waals surface area (Å²) in [5.41, 5.74) is 0.160. The van der Waals surface area contributed by atoms with E-state index in [4.69, 9.17) is 4.74 Å². The van der Waals surface area contributed by atoms with Crippen molar-refractivity contribution in [3.63, 3.8) is 0 Å². The molecule has 39 heavy (non-hydrogen) atoms. The summed E-state index contributed by atoms with van der Waals surface area (Å²) >= 11 is 0. The third-order valence-electron chi connectivity index (χ3n) is 7.78. The van der Waals surface area contributed by atoms with Gasteiger partial charge >= 0.3 is 0 Å². The molecule has 2 aromatic carbocycles. The van der Waals surface area contributed by atoms with Gasteiger partial charge in [0.2, 0.25) is 0 Å². The third-order valence-corrected chi connectivity index (χ3v) is 7.78. The maximum Gasteiger partial charge on any atom is 0.264 e. The SMILES string of the molecule is O=C(c1ccc(F)cc1)N1CCC(O)(Cn2cnc3c(cnn3-c3ccc(OC4CCCC4)cc3)c2=O)CC1. The molecule has 1 aliphatic carbocycles. The number of fused-ring (bicyclic) bond motifs is 1. The van der Waals surface area contributed by atoms with Gasteiger partial charge in [-0.25, -0.2) is 14.1 Å². The summed E-state index contributed by atoms with van der Waals surface area (Å²) in [6.45, 7) is 0.719. The van der Waals surface area contributed by atoms with Crippen molar-refractivity contribution in [3.05, 3.63) is 82.8 Å². The Morgan fingerprint density at radius 3 is 2.44 bits per heavy atom. The normalized spacial score (nSPS) is 17.5. The number of amides is 1. The van der Waals surface area contributed by atoms with Gasteiger partial charge in [0.1, 0.15) is 23.3 Å². The highest BCUT2D eigenvalue weighted by Gasteiger charge is 2.35. The van der Waals surface area contributed by atoms with Crippen molar-refractivity contribution >= 4 is 16.9 Å². The van der Waals surface area contributed by atoms with Crippen LogP contribution >= 0.6 is 0 Å². The van der Waals surface area contributed by atoms with Crippen molar-refractivity contribution in [1.82, 2.24) is 24.2 Å². The maximum atomic E-state index is 13.3. The Bertz CT molecular complexity index is 1530. The Morgan fingerprint density at radius 1 is 1.05 bits per heavy atom. The highest BCUT2D eigenvalue weighted by Crippen LogP contribution is 2.27. The van der Waals surface area contributed by atoms with Crippen LogP contribution in [0.25, 0.3) is 16.7 Å². The number of carbonyl (C=O) groups excluding carboxylic acids is 1. The number of benzene rings is 2. The fourth-order valence-electron chi connectivity index (χ4n) is 5.49. The topological polar surface area (TPSA) is 102 Å². The van der Waals surface area contributed by atoms with E-state index in [0.717, 1.165) is 24.3 Å². The van der Waals surface area contributed by atoms with Crippen molar-refractivity contribution in [2.75, 3.05) is 13.1 Å². The highest BCUT2D eigenvalue weighted by atomic mass is 19.1. The zero-order valence-corrected chi connectivity index (χ0v) is 21.5. The first-order valence-electron chi connectivity index (χ1n) is 13.4. The molecule has 2 fully saturated rings. The highest BCUT2D eigenvalue weighted by molar-refractivity contribution is 5.94. The monoisotopic (exact) mass is 531 g/mol. The van der Waals surface area contributed by atoms with Gasteiger partial charge in [-0.05, 0) is 87.1 Å². The number of halogens is 1. The Labute approximate surface area is 224 Å². The number of likely N-dealkylation sites (tertiary alicyclic amines) is 1. The average molecular weight is 532 g/mol. The van der Waals surface area contributed by atoms with E-state index < -0.39 is 11.4 Å². The lowest BCUT2D eigenvalue weighted by Gasteiger charge is -2.38. The summed E-state index contributed by atoms with van der Waals surface area (Å²) in [5.74, 6) is 0.210. The standard InChI is InChI=1S/C29H30FN5O4/c30-21-7-5-20(6-8-21)27(36)33-15-13-29(38,14-16-33)18-34-19-31-26-25(28(34)37)17-32-35(26)22-9-11-24(12-10-22)39-23-3-1-2-4-23/h5-12,17,19,23,38H,1-4,13-16,18H2. The van der Waals surface area contributed by atoms with Crippen molar-refractivity contribution in [1.29, 1.82) is 0 Å². The van der Waals surface area contributed by atoms with Crippen LogP contribution in [0.1, 0.15) is 48.9 Å². The van der Waals surface area contributed by atoms with Crippen LogP contribution in [0.3, 0.4) is 0 Å². The average Bonchev–Trinajstić information content (AvgIpc) is 3.62. The molecule has 10 heteroatoms. The molecule has 0 bridgehead atoms. The van der Waals surface area contributed by atoms with Crippen LogP contribution in [0.4, 0.5) is 4.39 Å². The lowest BCUT2D eigenvalue weighted by molar-refractivity contribution is -0.0299. The fourth-order valence-corrected chi connectivity index (χ4v) is 5.49. The fraction of sp³-hybridized carbons (Fsp3) is 0.379. The minimum absolute atomic E-state index is 0.0612. The number of rotatable bonds is 6. The van der Waals surface area contributed by atoms with Gasteiger partial charge < -0.3 is 14.7 Å². The molecule has 1 aliphatic heterocycles. The second-order valence-electron chi connectivity index (χ2n) is 10.5. The van der Waals surface area contributed by atoms with E-state index >= 15 is 0 Å². The van der Waals surface area contributed by atoms with Gasteiger partial charge in [0.25, 0.3) is 11.5 Å². The number of hydrogen-bond acceptors (Lipinski definition) is 6. The molecule has 2 aromatic heterocycles. The van der Waals surface area contributed by atoms with Crippen molar-refractivity contribution in [2.24, 2.45) is 0 Å². The molecule has 4 aromatic rings. The Balaban J connectivity index is 1.14. The molecule has 1 saturated carbocycles. The van der Waals surface area contributed by atoms with E-state index in [2.05, 4.69) is 10.1 Å². The lowest BCUT2D eigenvalue weighted by Crippen LogP contribution is -2.49. The number of aliphatic hydroxyl groups is 1. The molecule has 9 nitrogen and oxygen atoms in total. The van der Waals surface area contributed by atoms with Crippen molar-refractivity contribution in [3.8, 4) is 11.4 Å². The van der Waals surface area contributed by atoms with Gasteiger partial charge in [0, 0.05) is 18.7 Å². The second-order valence-corrected chi connectivity index (χ2v) is 10.5. The number of carbonyl (C=O) groups is 1. The van der Waals surface area contributed by atoms with E-state index in [1.165, 1.54) is 54.2 Å². The summed E-state index contributed by atoms with van der Waals surface area (Å²) in [6, 6.07) is 13.0. The van der Waals surface area contributed by atoms with Crippen molar-refractivity contribution in [2.45, 2.75) is 56.8 Å². The van der Waals surface area contributed by atoms with Gasteiger partial charge in [-0.3, -0.25) is 14.2 Å². The molecule has 1 saturated heterocycles. The summed E-state index contributed by atoms with van der Waals surface area (Å²) < 4.78 is 22.3. The molecule has 0 unspecified atom stereocenters. The van der Waals surface area contributed by atoms with Gasteiger partial charge in [-0.2, -0.15) is 5.10 Å². The first-order chi connectivity index (χ1) is 18.9. The molecule has 2 aliphatic rings. The molecule has 0 atom stereocenters. The summed E-state index contributed by atoms with van der Waals surface area (Å²) in [4.78, 5) is 32.1. The molecule has 1 amide bonds. The summed E-state index contributed by atoms with van der Waals surface area (Å²) in [7, 11) is 0. The van der Waals surface area contributed by atoms with E-state index in [9.17, 15) is 19.1 Å². The molecule has 202 valence electrons. The largest absolute Gasteiger partial charge is 0.490 e. The maximum absolute atomic E-state index is 13.3. The van der Waals surface area contributed by atoms with Crippen LogP contribution in [-0.2, 0) is 6.54 Å². The number of aromatic nitrogens is 4. The van der Waals surface area contributed by atoms with Crippen LogP contribution < -0.4 is 10.3 Å². The lowest BCUT2D eigenvalue weighted by atomic mass is 9.91. The third kappa shape index (κ3) is 5.16. The first kappa shape index (κ1) is 25.2. The molecule has 0 radical (unpaired) electrons. The van der Waals surface area contributed by atoms with Crippen LogP contribution in [0.2, 0.25) is 0 Å². The van der Waals surface area contributed by atoms with Gasteiger partial charge in [-0.1, -0.05) is 0 Å². The van der Waals surface area contributed by atoms with E-state index in [1.54, 1.807) is 9.58 Å². The van der Waals surface area contributed by atoms with Crippen LogP contribution in [-0.4, -0.2) is 60.0 Å². The summed E-state index contributed by atoms with van der Waals surface area (Å²) in [5, 5.41) is 16.0. The Kier molecular flexibility index (Phi) is 6.64. The zero-order valence-electron chi connectivity index (χ0n) is 21.5. The molecule has 1 N–H and O–H groups in total. The second kappa shape index (κ2) is 10.3. The van der Waals surface area contributed by atoms with E-state index in [0.29, 0.717) is 42.5 Å². The van der Waals surface area contributed by atoms with Crippen molar-refractivity contribution < 1.29 is 19.0 Å². The first-order valence-corrected chi connectivity index (χ1v) is 13.4. The quantitative estimate of drug-likeness (QED) is 0.407. The van der Waals surface area contributed by atoms with E-state index in [1.807, 2.05) is 24.3 Å². The molecule has 0 spiro atoms. The zero-order chi connectivity index (χ0) is 27.0. The Hall–Kier alpha value is -4.05. The van der Waals surface area contributed by atoms with Crippen LogP contribution in [0, 0.1) is 5.82 Å². The molecule has 3 heterocycles. The van der Waals surface area contributed by atoms with Gasteiger partial charge in [0.15, 0.2) is 5.65 Å². The minimum atomic E-state index is -1.16. The predicted octanol–water partition coefficient (Wildman–Crippen LogP) is 3.71. The minimum Gasteiger partial charge on any atom is -0.490 e. The molecular formula is C29H30FN5O4. The molecular weight excluding hydrogens is 501 g/mol. The number of hydrogen-bond donors (Lipinski definition) is 1. The smallest absolute Gasteiger partial charge is 0.264 e. The van der Waals surface area contributed by atoms with Crippen LogP contribution in [0.5, 0.6) is 5.75 Å². The predicted molar refractivity (Wildman–Crippen MR) is 142 cm³/mol. The number of nitrogens with zero attached hydrogens (tertiary/aromatic N) is 5. The molecule has 6 rings (SSSR count).